The average Bonchev–Trinajstić information content (AvgIpc) is 2.83. The summed E-state index contributed by atoms with van der Waals surface area (Å²) in [6.07, 6.45) is 5.73. The molecule has 0 aromatic carbocycles. The summed E-state index contributed by atoms with van der Waals surface area (Å²) < 4.78 is 1.72. The van der Waals surface area contributed by atoms with E-state index in [1.54, 1.807) is 28.0 Å². The van der Waals surface area contributed by atoms with Gasteiger partial charge < -0.3 is 10.0 Å². The molecule has 2 rings (SSSR count). The highest BCUT2D eigenvalue weighted by molar-refractivity contribution is 5.76. The monoisotopic (exact) mass is 249 g/mol. The third kappa shape index (κ3) is 2.24. The number of hydrogen-bond acceptors (Lipinski definition) is 5. The lowest BCUT2D eigenvalue weighted by molar-refractivity contribution is -0.135. The summed E-state index contributed by atoms with van der Waals surface area (Å²) in [4.78, 5) is 16.9. The summed E-state index contributed by atoms with van der Waals surface area (Å²) in [5.41, 5.74) is 0.569. The average molecular weight is 249 g/mol. The molecule has 0 saturated heterocycles. The summed E-state index contributed by atoms with van der Waals surface area (Å²) in [6, 6.07) is 0.0662. The number of aliphatic carboxylic acids is 1. The topological polar surface area (TPSA) is 83.6 Å². The molecule has 7 nitrogen and oxygen atoms in total. The normalized spacial score (nSPS) is 12.6. The highest BCUT2D eigenvalue weighted by Gasteiger charge is 2.20. The van der Waals surface area contributed by atoms with Crippen LogP contribution in [0.4, 0.5) is 5.82 Å². The van der Waals surface area contributed by atoms with Crippen molar-refractivity contribution in [2.45, 2.75) is 26.3 Å². The molecular weight excluding hydrogens is 234 g/mol. The minimum Gasteiger partial charge on any atom is -0.480 e. The summed E-state index contributed by atoms with van der Waals surface area (Å²) in [6.45, 7) is 3.86. The van der Waals surface area contributed by atoms with Crippen LogP contribution in [0.3, 0.4) is 0 Å². The Balaban J connectivity index is 2.46. The molecule has 0 radical (unpaired) electrons. The summed E-state index contributed by atoms with van der Waals surface area (Å²) in [5, 5.41) is 16.8. The molecule has 0 aliphatic heterocycles. The third-order valence-corrected chi connectivity index (χ3v) is 2.90. The molecule has 0 fully saturated rings. The number of rotatable bonds is 5. The van der Waals surface area contributed by atoms with Crippen LogP contribution in [0, 0.1) is 0 Å². The first kappa shape index (κ1) is 12.3. The molecule has 2 aromatic heterocycles. The van der Waals surface area contributed by atoms with Gasteiger partial charge in [-0.25, -0.2) is 4.98 Å². The lowest BCUT2D eigenvalue weighted by atomic mass is 10.2. The summed E-state index contributed by atoms with van der Waals surface area (Å²) >= 11 is 0. The van der Waals surface area contributed by atoms with E-state index >= 15 is 0 Å². The van der Waals surface area contributed by atoms with Crippen molar-refractivity contribution >= 4 is 17.4 Å². The Morgan fingerprint density at radius 3 is 3.06 bits per heavy atom. The van der Waals surface area contributed by atoms with Crippen LogP contribution in [-0.2, 0) is 4.79 Å². The molecule has 7 heteroatoms. The number of anilines is 1. The van der Waals surface area contributed by atoms with Gasteiger partial charge in [0.2, 0.25) is 5.65 Å². The Morgan fingerprint density at radius 2 is 2.39 bits per heavy atom. The van der Waals surface area contributed by atoms with Crippen molar-refractivity contribution in [1.29, 1.82) is 0 Å². The fraction of sp³-hybridized carbons (Fsp3) is 0.455. The van der Waals surface area contributed by atoms with Gasteiger partial charge in [0.25, 0.3) is 0 Å². The molecule has 0 amide bonds. The number of aromatic nitrogens is 4. The molecule has 1 atom stereocenters. The smallest absolute Gasteiger partial charge is 0.323 e. The van der Waals surface area contributed by atoms with E-state index in [2.05, 4.69) is 15.2 Å². The number of carboxylic acids is 1. The molecule has 0 bridgehead atoms. The Labute approximate surface area is 104 Å². The van der Waals surface area contributed by atoms with Gasteiger partial charge in [-0.1, -0.05) is 6.92 Å². The van der Waals surface area contributed by atoms with Crippen LogP contribution in [0.1, 0.15) is 20.3 Å². The first-order valence-electron chi connectivity index (χ1n) is 5.76. The van der Waals surface area contributed by atoms with Crippen molar-refractivity contribution < 1.29 is 9.90 Å². The number of fused-ring (bicyclic) bond motifs is 1. The van der Waals surface area contributed by atoms with Crippen LogP contribution in [0.2, 0.25) is 0 Å². The van der Waals surface area contributed by atoms with Gasteiger partial charge in [0.05, 0.1) is 0 Å². The number of carbonyl (C=O) groups is 1. The SMILES string of the molecule is CCC(C)N(CC(=O)O)c1nccn2cnnc12. The predicted octanol–water partition coefficient (Wildman–Crippen LogP) is 0.814. The molecule has 0 saturated carbocycles. The van der Waals surface area contributed by atoms with Gasteiger partial charge in [-0.2, -0.15) is 0 Å². The molecule has 96 valence electrons. The van der Waals surface area contributed by atoms with Crippen LogP contribution in [-0.4, -0.2) is 43.2 Å². The molecule has 1 unspecified atom stereocenters. The van der Waals surface area contributed by atoms with E-state index in [9.17, 15) is 4.79 Å². The van der Waals surface area contributed by atoms with Gasteiger partial charge >= 0.3 is 5.97 Å². The lowest BCUT2D eigenvalue weighted by Gasteiger charge is -2.27. The fourth-order valence-corrected chi connectivity index (χ4v) is 1.75. The maximum absolute atomic E-state index is 11.0. The number of hydrogen-bond donors (Lipinski definition) is 1. The standard InChI is InChI=1S/C11H15N5O2/c1-3-8(2)16(6-9(17)18)10-11-14-13-7-15(11)5-4-12-10/h4-5,7-8H,3,6H2,1-2H3,(H,17,18). The van der Waals surface area contributed by atoms with E-state index in [1.807, 2.05) is 13.8 Å². The van der Waals surface area contributed by atoms with Crippen LogP contribution < -0.4 is 4.90 Å². The van der Waals surface area contributed by atoms with E-state index in [1.165, 1.54) is 0 Å². The summed E-state index contributed by atoms with van der Waals surface area (Å²) in [5.74, 6) is -0.342. The number of nitrogens with zero attached hydrogens (tertiary/aromatic N) is 5. The Hall–Kier alpha value is -2.18. The van der Waals surface area contributed by atoms with Crippen LogP contribution >= 0.6 is 0 Å². The highest BCUT2D eigenvalue weighted by Crippen LogP contribution is 2.19. The predicted molar refractivity (Wildman–Crippen MR) is 65.5 cm³/mol. The second kappa shape index (κ2) is 4.99. The molecule has 18 heavy (non-hydrogen) atoms. The molecule has 1 N–H and O–H groups in total. The van der Waals surface area contributed by atoms with Crippen molar-refractivity contribution in [3.05, 3.63) is 18.7 Å². The minimum absolute atomic E-state index is 0.0662. The quantitative estimate of drug-likeness (QED) is 0.844. The van der Waals surface area contributed by atoms with Gasteiger partial charge in [0.1, 0.15) is 12.9 Å². The van der Waals surface area contributed by atoms with E-state index in [0.717, 1.165) is 6.42 Å². The summed E-state index contributed by atoms with van der Waals surface area (Å²) in [7, 11) is 0. The third-order valence-electron chi connectivity index (χ3n) is 2.90. The zero-order valence-electron chi connectivity index (χ0n) is 10.3. The molecule has 0 aliphatic rings. The largest absolute Gasteiger partial charge is 0.480 e. The second-order valence-corrected chi connectivity index (χ2v) is 4.09. The fourth-order valence-electron chi connectivity index (χ4n) is 1.75. The maximum atomic E-state index is 11.0. The van der Waals surface area contributed by atoms with Crippen molar-refractivity contribution in [3.63, 3.8) is 0 Å². The minimum atomic E-state index is -0.890. The van der Waals surface area contributed by atoms with Gasteiger partial charge in [0, 0.05) is 18.4 Å². The first-order valence-corrected chi connectivity index (χ1v) is 5.76. The Morgan fingerprint density at radius 1 is 1.61 bits per heavy atom. The first-order chi connectivity index (χ1) is 8.63. The maximum Gasteiger partial charge on any atom is 0.323 e. The Bertz CT molecular complexity index is 553. The van der Waals surface area contributed by atoms with E-state index < -0.39 is 5.97 Å². The van der Waals surface area contributed by atoms with Crippen molar-refractivity contribution in [1.82, 2.24) is 19.6 Å². The molecule has 0 spiro atoms. The second-order valence-electron chi connectivity index (χ2n) is 4.09. The lowest BCUT2D eigenvalue weighted by Crippen LogP contribution is -2.38. The van der Waals surface area contributed by atoms with Gasteiger partial charge in [-0.3, -0.25) is 9.20 Å². The van der Waals surface area contributed by atoms with Crippen molar-refractivity contribution in [2.24, 2.45) is 0 Å². The Kier molecular flexibility index (Phi) is 3.40. The van der Waals surface area contributed by atoms with Crippen LogP contribution in [0.5, 0.6) is 0 Å². The molecule has 2 aromatic rings. The zero-order valence-corrected chi connectivity index (χ0v) is 10.3. The zero-order chi connectivity index (χ0) is 13.1. The van der Waals surface area contributed by atoms with Gasteiger partial charge in [-0.15, -0.1) is 10.2 Å². The van der Waals surface area contributed by atoms with Gasteiger partial charge in [0.15, 0.2) is 5.82 Å². The molecular formula is C11H15N5O2. The van der Waals surface area contributed by atoms with Crippen molar-refractivity contribution in [3.8, 4) is 0 Å². The van der Waals surface area contributed by atoms with Crippen LogP contribution in [0.25, 0.3) is 5.65 Å². The van der Waals surface area contributed by atoms with E-state index in [4.69, 9.17) is 5.11 Å². The van der Waals surface area contributed by atoms with E-state index in [0.29, 0.717) is 11.5 Å². The van der Waals surface area contributed by atoms with E-state index in [-0.39, 0.29) is 12.6 Å². The molecule has 2 heterocycles. The number of carboxylic acid groups (broad SMARTS) is 1. The molecule has 0 aliphatic carbocycles. The highest BCUT2D eigenvalue weighted by atomic mass is 16.4. The van der Waals surface area contributed by atoms with Gasteiger partial charge in [-0.05, 0) is 13.3 Å². The van der Waals surface area contributed by atoms with Crippen molar-refractivity contribution in [2.75, 3.05) is 11.4 Å². The van der Waals surface area contributed by atoms with Crippen LogP contribution in [0.15, 0.2) is 18.7 Å².